The lowest BCUT2D eigenvalue weighted by molar-refractivity contribution is -0.137. The molecular weight excluding hydrogens is 597 g/mol. The highest BCUT2D eigenvalue weighted by Gasteiger charge is 2.55. The molecule has 0 aliphatic carbocycles. The number of hydrogen-bond donors (Lipinski definition) is 2. The van der Waals surface area contributed by atoms with Crippen LogP contribution in [0, 0.1) is 11.3 Å². The zero-order valence-corrected chi connectivity index (χ0v) is 24.6. The van der Waals surface area contributed by atoms with Crippen molar-refractivity contribution >= 4 is 33.6 Å². The predicted octanol–water partition coefficient (Wildman–Crippen LogP) is 2.24. The molecule has 4 heterocycles. The summed E-state index contributed by atoms with van der Waals surface area (Å²) < 4.78 is 73.9. The summed E-state index contributed by atoms with van der Waals surface area (Å²) in [4.78, 5) is 48.8. The van der Waals surface area contributed by atoms with E-state index in [9.17, 15) is 36.0 Å². The van der Waals surface area contributed by atoms with E-state index in [1.807, 2.05) is 0 Å². The highest BCUT2D eigenvalue weighted by molar-refractivity contribution is 7.89. The van der Waals surface area contributed by atoms with Crippen LogP contribution in [0.4, 0.5) is 23.7 Å². The summed E-state index contributed by atoms with van der Waals surface area (Å²) in [5.41, 5.74) is -3.20. The number of nitrogens with zero attached hydrogens (tertiary/aromatic N) is 4. The van der Waals surface area contributed by atoms with E-state index in [0.717, 1.165) is 12.3 Å². The lowest BCUT2D eigenvalue weighted by Gasteiger charge is -2.27. The van der Waals surface area contributed by atoms with Gasteiger partial charge in [0.1, 0.15) is 28.5 Å². The molecule has 2 aromatic heterocycles. The van der Waals surface area contributed by atoms with Gasteiger partial charge in [0.25, 0.3) is 5.91 Å². The van der Waals surface area contributed by atoms with Crippen LogP contribution < -0.4 is 10.5 Å². The van der Waals surface area contributed by atoms with Gasteiger partial charge < -0.3 is 24.6 Å². The summed E-state index contributed by atoms with van der Waals surface area (Å²) in [6.07, 6.45) is -3.89. The minimum Gasteiger partial charge on any atom is -0.443 e. The van der Waals surface area contributed by atoms with E-state index in [4.69, 9.17) is 14.6 Å². The molecule has 2 aliphatic heterocycles. The summed E-state index contributed by atoms with van der Waals surface area (Å²) in [7, 11) is -2.52. The summed E-state index contributed by atoms with van der Waals surface area (Å²) in [6, 6.07) is 3.18. The quantitative estimate of drug-likeness (QED) is 0.486. The number of fused-ring (bicyclic) bond motifs is 1. The maximum Gasteiger partial charge on any atom is 0.417 e. The Morgan fingerprint density at radius 2 is 1.74 bits per heavy atom. The van der Waals surface area contributed by atoms with E-state index >= 15 is 0 Å². The molecule has 3 N–H and O–H groups in total. The molecule has 0 radical (unpaired) electrons. The summed E-state index contributed by atoms with van der Waals surface area (Å²) >= 11 is 0. The lowest BCUT2D eigenvalue weighted by Crippen LogP contribution is -2.44. The standard InChI is InChI=1S/C26H31F3N6O7S/c1-24(2,3)22(37)33-19-7-15(26(27,28)29)8-31-20(19)12-42-23(38)35-11-16-10-34(13-25(16,14-35)41-4)21(36)18-6-5-17(9-32-18)43(30,39)40/h5-9,16H,10-14H2,1-4H3,(H,33,37)(H2,30,39,40)/t16-,25+/m1/s1. The van der Waals surface area contributed by atoms with Crippen molar-refractivity contribution in [3.8, 4) is 0 Å². The highest BCUT2D eigenvalue weighted by Crippen LogP contribution is 2.39. The van der Waals surface area contributed by atoms with Crippen molar-refractivity contribution < 1.29 is 45.4 Å². The van der Waals surface area contributed by atoms with Gasteiger partial charge in [-0.05, 0) is 18.2 Å². The lowest BCUT2D eigenvalue weighted by atomic mass is 9.95. The van der Waals surface area contributed by atoms with E-state index in [1.54, 1.807) is 20.8 Å². The molecule has 13 nitrogen and oxygen atoms in total. The first-order chi connectivity index (χ1) is 19.8. The molecule has 0 spiro atoms. The number of anilines is 1. The fourth-order valence-electron chi connectivity index (χ4n) is 4.84. The molecule has 4 rings (SSSR count). The Kier molecular flexibility index (Phi) is 8.47. The SMILES string of the molecule is CO[C@@]12CN(C(=O)OCc3ncc(C(F)(F)F)cc3NC(=O)C(C)(C)C)C[C@H]1CN(C(=O)c1ccc(S(N)(=O)=O)cn1)C2. The maximum atomic E-state index is 13.3. The number of sulfonamides is 1. The summed E-state index contributed by atoms with van der Waals surface area (Å²) in [5.74, 6) is -1.31. The number of amides is 3. The minimum atomic E-state index is -4.70. The Labute approximate surface area is 245 Å². The van der Waals surface area contributed by atoms with Gasteiger partial charge >= 0.3 is 12.3 Å². The van der Waals surface area contributed by atoms with Crippen molar-refractivity contribution in [3.63, 3.8) is 0 Å². The van der Waals surface area contributed by atoms with Gasteiger partial charge in [0, 0.05) is 43.9 Å². The Bertz CT molecular complexity index is 1530. The molecule has 2 saturated heterocycles. The molecule has 234 valence electrons. The molecule has 43 heavy (non-hydrogen) atoms. The molecule has 2 fully saturated rings. The number of primary sulfonamides is 1. The number of carbonyl (C=O) groups is 3. The highest BCUT2D eigenvalue weighted by atomic mass is 32.2. The van der Waals surface area contributed by atoms with Gasteiger partial charge in [0.2, 0.25) is 15.9 Å². The van der Waals surface area contributed by atoms with Crippen LogP contribution in [0.2, 0.25) is 0 Å². The van der Waals surface area contributed by atoms with Gasteiger partial charge in [-0.25, -0.2) is 23.3 Å². The number of rotatable bonds is 6. The Morgan fingerprint density at radius 3 is 2.28 bits per heavy atom. The van der Waals surface area contributed by atoms with Gasteiger partial charge in [0.15, 0.2) is 0 Å². The predicted molar refractivity (Wildman–Crippen MR) is 144 cm³/mol. The molecule has 0 unspecified atom stereocenters. The molecule has 2 aliphatic rings. The average Bonchev–Trinajstić information content (AvgIpc) is 3.45. The van der Waals surface area contributed by atoms with E-state index in [0.29, 0.717) is 6.20 Å². The van der Waals surface area contributed by atoms with Gasteiger partial charge in [0.05, 0.1) is 24.3 Å². The minimum absolute atomic E-state index is 0.00768. The van der Waals surface area contributed by atoms with Crippen molar-refractivity contribution in [2.75, 3.05) is 38.6 Å². The maximum absolute atomic E-state index is 13.3. The number of nitrogens with one attached hydrogen (secondary N) is 1. The topological polar surface area (TPSA) is 174 Å². The number of methoxy groups -OCH3 is 1. The van der Waals surface area contributed by atoms with Gasteiger partial charge in [-0.1, -0.05) is 20.8 Å². The zero-order chi connectivity index (χ0) is 32.0. The number of aromatic nitrogens is 2. The second-order valence-corrected chi connectivity index (χ2v) is 13.0. The molecule has 3 amide bonds. The van der Waals surface area contributed by atoms with Crippen LogP contribution in [0.25, 0.3) is 0 Å². The number of nitrogens with two attached hydrogens (primary N) is 1. The number of ether oxygens (including phenoxy) is 2. The Morgan fingerprint density at radius 1 is 1.09 bits per heavy atom. The van der Waals surface area contributed by atoms with Crippen molar-refractivity contribution in [1.82, 2.24) is 19.8 Å². The van der Waals surface area contributed by atoms with Crippen LogP contribution in [0.15, 0.2) is 35.5 Å². The number of alkyl halides is 3. The van der Waals surface area contributed by atoms with Crippen molar-refractivity contribution in [1.29, 1.82) is 0 Å². The smallest absolute Gasteiger partial charge is 0.417 e. The van der Waals surface area contributed by atoms with Crippen molar-refractivity contribution in [2.45, 2.75) is 44.1 Å². The molecule has 2 aromatic rings. The summed E-state index contributed by atoms with van der Waals surface area (Å²) in [5, 5.41) is 7.51. The van der Waals surface area contributed by atoms with Crippen molar-refractivity contribution in [3.05, 3.63) is 47.5 Å². The first-order valence-electron chi connectivity index (χ1n) is 13.0. The fourth-order valence-corrected chi connectivity index (χ4v) is 5.29. The van der Waals surface area contributed by atoms with Gasteiger partial charge in [-0.3, -0.25) is 14.6 Å². The number of likely N-dealkylation sites (tertiary alicyclic amines) is 2. The fraction of sp³-hybridized carbons (Fsp3) is 0.500. The molecule has 17 heteroatoms. The largest absolute Gasteiger partial charge is 0.443 e. The van der Waals surface area contributed by atoms with E-state index in [2.05, 4.69) is 15.3 Å². The number of carbonyl (C=O) groups excluding carboxylic acids is 3. The third kappa shape index (κ3) is 6.88. The Hall–Kier alpha value is -3.83. The molecule has 0 bridgehead atoms. The van der Waals surface area contributed by atoms with Crippen molar-refractivity contribution in [2.24, 2.45) is 16.5 Å². The van der Waals surface area contributed by atoms with Crippen LogP contribution in [0.5, 0.6) is 0 Å². The van der Waals surface area contributed by atoms with Crippen LogP contribution in [0.1, 0.15) is 42.5 Å². The van der Waals surface area contributed by atoms with E-state index in [-0.39, 0.29) is 54.1 Å². The van der Waals surface area contributed by atoms with E-state index in [1.165, 1.54) is 29.0 Å². The number of pyridine rings is 2. The van der Waals surface area contributed by atoms with Crippen LogP contribution >= 0.6 is 0 Å². The third-order valence-corrected chi connectivity index (χ3v) is 8.24. The average molecular weight is 629 g/mol. The van der Waals surface area contributed by atoms with E-state index < -0.39 is 57.3 Å². The monoisotopic (exact) mass is 628 g/mol. The number of hydrogen-bond acceptors (Lipinski definition) is 9. The molecule has 2 atom stereocenters. The van der Waals surface area contributed by atoms with Crippen LogP contribution in [0.3, 0.4) is 0 Å². The normalized spacial score (nSPS) is 20.6. The Balaban J connectivity index is 1.42. The second-order valence-electron chi connectivity index (χ2n) is 11.4. The van der Waals surface area contributed by atoms with Gasteiger partial charge in [-0.15, -0.1) is 0 Å². The number of halogens is 3. The molecule has 0 aromatic carbocycles. The van der Waals surface area contributed by atoms with Crippen LogP contribution in [-0.4, -0.2) is 85.0 Å². The van der Waals surface area contributed by atoms with Gasteiger partial charge in [-0.2, -0.15) is 13.2 Å². The van der Waals surface area contributed by atoms with Crippen LogP contribution in [-0.2, 0) is 37.1 Å². The molecular formula is C26H31F3N6O7S. The molecule has 0 saturated carbocycles. The zero-order valence-electron chi connectivity index (χ0n) is 23.8. The summed E-state index contributed by atoms with van der Waals surface area (Å²) in [6.45, 7) is 4.79. The first kappa shape index (κ1) is 32.1. The first-order valence-corrected chi connectivity index (χ1v) is 14.5. The third-order valence-electron chi connectivity index (χ3n) is 7.34. The second kappa shape index (κ2) is 11.3.